The number of aliphatic hydroxyl groups excluding tert-OH is 1. The normalized spacial score (nSPS) is 21.4. The summed E-state index contributed by atoms with van der Waals surface area (Å²) >= 11 is 0. The molecule has 1 aliphatic carbocycles. The summed E-state index contributed by atoms with van der Waals surface area (Å²) in [6.07, 6.45) is 1.72. The molecule has 1 fully saturated rings. The Hall–Kier alpha value is -0.770. The highest BCUT2D eigenvalue weighted by Gasteiger charge is 2.43. The molecule has 1 rings (SSSR count). The number of hydrogen-bond acceptors (Lipinski definition) is 3. The van der Waals surface area contributed by atoms with Crippen molar-refractivity contribution in [2.24, 2.45) is 0 Å². The first-order chi connectivity index (χ1) is 6.75. The van der Waals surface area contributed by atoms with Crippen LogP contribution in [-0.2, 0) is 4.74 Å². The predicted octanol–water partition coefficient (Wildman–Crippen LogP) is 1.81. The van der Waals surface area contributed by atoms with Gasteiger partial charge in [-0.15, -0.1) is 0 Å². The fourth-order valence-corrected chi connectivity index (χ4v) is 1.71. The average molecular weight is 215 g/mol. The summed E-state index contributed by atoms with van der Waals surface area (Å²) in [5.41, 5.74) is -0.948. The van der Waals surface area contributed by atoms with Gasteiger partial charge in [-0.3, -0.25) is 0 Å². The molecule has 1 amide bonds. The van der Waals surface area contributed by atoms with Crippen LogP contribution in [-0.4, -0.2) is 28.4 Å². The monoisotopic (exact) mass is 215 g/mol. The standard InChI is InChI=1S/C11H21NO3/c1-8(13)11(6-5-7-11)12-9(14)15-10(2,3)4/h8,13H,5-7H2,1-4H3,(H,12,14). The first-order valence-electron chi connectivity index (χ1n) is 5.44. The van der Waals surface area contributed by atoms with Crippen molar-refractivity contribution in [1.82, 2.24) is 5.32 Å². The van der Waals surface area contributed by atoms with Crippen molar-refractivity contribution in [1.29, 1.82) is 0 Å². The summed E-state index contributed by atoms with van der Waals surface area (Å²) in [5, 5.41) is 12.4. The van der Waals surface area contributed by atoms with E-state index in [4.69, 9.17) is 4.74 Å². The molecular weight excluding hydrogens is 194 g/mol. The van der Waals surface area contributed by atoms with Gasteiger partial charge in [0.1, 0.15) is 5.60 Å². The van der Waals surface area contributed by atoms with E-state index in [1.54, 1.807) is 6.92 Å². The Balaban J connectivity index is 2.50. The molecule has 0 aliphatic heterocycles. The molecule has 0 saturated heterocycles. The van der Waals surface area contributed by atoms with Gasteiger partial charge in [-0.2, -0.15) is 0 Å². The summed E-state index contributed by atoms with van der Waals surface area (Å²) in [7, 11) is 0. The third-order valence-electron chi connectivity index (χ3n) is 2.80. The van der Waals surface area contributed by atoms with Crippen molar-refractivity contribution in [3.05, 3.63) is 0 Å². The number of alkyl carbamates (subject to hydrolysis) is 1. The first kappa shape index (κ1) is 12.3. The minimum Gasteiger partial charge on any atom is -0.444 e. The van der Waals surface area contributed by atoms with Gasteiger partial charge in [-0.25, -0.2) is 4.79 Å². The molecule has 15 heavy (non-hydrogen) atoms. The van der Waals surface area contributed by atoms with Crippen LogP contribution < -0.4 is 5.32 Å². The Labute approximate surface area is 91.0 Å². The molecule has 1 unspecified atom stereocenters. The van der Waals surface area contributed by atoms with Gasteiger partial charge in [0.2, 0.25) is 0 Å². The van der Waals surface area contributed by atoms with Crippen molar-refractivity contribution < 1.29 is 14.6 Å². The molecular formula is C11H21NO3. The van der Waals surface area contributed by atoms with Crippen LogP contribution in [0.15, 0.2) is 0 Å². The highest BCUT2D eigenvalue weighted by atomic mass is 16.6. The van der Waals surface area contributed by atoms with E-state index in [1.165, 1.54) is 0 Å². The van der Waals surface area contributed by atoms with E-state index in [9.17, 15) is 9.90 Å². The lowest BCUT2D eigenvalue weighted by molar-refractivity contribution is -0.00159. The van der Waals surface area contributed by atoms with Crippen molar-refractivity contribution in [2.45, 2.75) is 64.2 Å². The van der Waals surface area contributed by atoms with Gasteiger partial charge in [0.15, 0.2) is 0 Å². The highest BCUT2D eigenvalue weighted by Crippen LogP contribution is 2.35. The Morgan fingerprint density at radius 2 is 2.00 bits per heavy atom. The lowest BCUT2D eigenvalue weighted by Gasteiger charge is -2.44. The van der Waals surface area contributed by atoms with Crippen LogP contribution in [0.2, 0.25) is 0 Å². The van der Waals surface area contributed by atoms with Gasteiger partial charge in [0.05, 0.1) is 11.6 Å². The maximum Gasteiger partial charge on any atom is 0.408 e. The molecule has 0 aromatic carbocycles. The molecule has 0 aromatic heterocycles. The molecule has 0 radical (unpaired) electrons. The average Bonchev–Trinajstić information content (AvgIpc) is 1.92. The number of carbonyl (C=O) groups excluding carboxylic acids is 1. The van der Waals surface area contributed by atoms with Crippen molar-refractivity contribution in [3.8, 4) is 0 Å². The second-order valence-electron chi connectivity index (χ2n) is 5.31. The van der Waals surface area contributed by atoms with Gasteiger partial charge >= 0.3 is 6.09 Å². The van der Waals surface area contributed by atoms with Crippen LogP contribution in [0, 0.1) is 0 Å². The molecule has 1 aliphatic rings. The van der Waals surface area contributed by atoms with Crippen LogP contribution in [0.4, 0.5) is 4.79 Å². The largest absolute Gasteiger partial charge is 0.444 e. The molecule has 0 spiro atoms. The van der Waals surface area contributed by atoms with E-state index in [0.29, 0.717) is 0 Å². The number of carbonyl (C=O) groups is 1. The fourth-order valence-electron chi connectivity index (χ4n) is 1.71. The number of amides is 1. The van der Waals surface area contributed by atoms with E-state index < -0.39 is 23.3 Å². The van der Waals surface area contributed by atoms with Crippen LogP contribution in [0.1, 0.15) is 47.0 Å². The molecule has 2 N–H and O–H groups in total. The minimum atomic E-state index is -0.529. The van der Waals surface area contributed by atoms with E-state index in [-0.39, 0.29) is 0 Å². The number of rotatable bonds is 2. The van der Waals surface area contributed by atoms with E-state index in [1.807, 2.05) is 20.8 Å². The van der Waals surface area contributed by atoms with Gasteiger partial charge < -0.3 is 15.2 Å². The molecule has 4 nitrogen and oxygen atoms in total. The topological polar surface area (TPSA) is 58.6 Å². The number of aliphatic hydroxyl groups is 1. The molecule has 88 valence electrons. The maximum atomic E-state index is 11.5. The van der Waals surface area contributed by atoms with Gasteiger partial charge in [0.25, 0.3) is 0 Å². The van der Waals surface area contributed by atoms with Gasteiger partial charge in [-0.1, -0.05) is 0 Å². The quantitative estimate of drug-likeness (QED) is 0.738. The molecule has 0 bridgehead atoms. The van der Waals surface area contributed by atoms with Gasteiger partial charge in [0, 0.05) is 0 Å². The lowest BCUT2D eigenvalue weighted by atomic mass is 9.73. The Kier molecular flexibility index (Phi) is 3.28. The predicted molar refractivity (Wildman–Crippen MR) is 57.6 cm³/mol. The summed E-state index contributed by atoms with van der Waals surface area (Å²) in [6, 6.07) is 0. The molecule has 0 heterocycles. The van der Waals surface area contributed by atoms with Crippen molar-refractivity contribution in [2.75, 3.05) is 0 Å². The van der Waals surface area contributed by atoms with Gasteiger partial charge in [-0.05, 0) is 47.0 Å². The minimum absolute atomic E-state index is 0.442. The van der Waals surface area contributed by atoms with Crippen LogP contribution in [0.5, 0.6) is 0 Å². The van der Waals surface area contributed by atoms with E-state index >= 15 is 0 Å². The summed E-state index contributed by atoms with van der Waals surface area (Å²) in [6.45, 7) is 7.17. The summed E-state index contributed by atoms with van der Waals surface area (Å²) in [5.74, 6) is 0. The Morgan fingerprint density at radius 3 is 2.27 bits per heavy atom. The molecule has 1 saturated carbocycles. The third-order valence-corrected chi connectivity index (χ3v) is 2.80. The van der Waals surface area contributed by atoms with Crippen molar-refractivity contribution >= 4 is 6.09 Å². The van der Waals surface area contributed by atoms with E-state index in [2.05, 4.69) is 5.32 Å². The maximum absolute atomic E-state index is 11.5. The molecule has 4 heteroatoms. The zero-order valence-corrected chi connectivity index (χ0v) is 9.96. The molecule has 1 atom stereocenters. The highest BCUT2D eigenvalue weighted by molar-refractivity contribution is 5.69. The summed E-state index contributed by atoms with van der Waals surface area (Å²) in [4.78, 5) is 11.5. The lowest BCUT2D eigenvalue weighted by Crippen LogP contribution is -2.60. The number of ether oxygens (including phenoxy) is 1. The van der Waals surface area contributed by atoms with Crippen LogP contribution in [0.25, 0.3) is 0 Å². The van der Waals surface area contributed by atoms with Crippen LogP contribution in [0.3, 0.4) is 0 Å². The SMILES string of the molecule is CC(O)C1(NC(=O)OC(C)(C)C)CCC1. The smallest absolute Gasteiger partial charge is 0.408 e. The number of nitrogens with one attached hydrogen (secondary N) is 1. The zero-order chi connectivity index (χ0) is 11.7. The zero-order valence-electron chi connectivity index (χ0n) is 9.96. The number of hydrogen-bond donors (Lipinski definition) is 2. The second kappa shape index (κ2) is 4.00. The fraction of sp³-hybridized carbons (Fsp3) is 0.909. The second-order valence-corrected chi connectivity index (χ2v) is 5.31. The Bertz CT molecular complexity index is 239. The molecule has 0 aromatic rings. The van der Waals surface area contributed by atoms with Crippen molar-refractivity contribution in [3.63, 3.8) is 0 Å². The first-order valence-corrected chi connectivity index (χ1v) is 5.44. The van der Waals surface area contributed by atoms with Crippen LogP contribution >= 0.6 is 0 Å². The summed E-state index contributed by atoms with van der Waals surface area (Å²) < 4.78 is 5.16. The third kappa shape index (κ3) is 3.09. The van der Waals surface area contributed by atoms with E-state index in [0.717, 1.165) is 19.3 Å². The Morgan fingerprint density at radius 1 is 1.47 bits per heavy atom.